The van der Waals surface area contributed by atoms with Crippen LogP contribution in [0.3, 0.4) is 0 Å². The summed E-state index contributed by atoms with van der Waals surface area (Å²) in [6.07, 6.45) is 0. The van der Waals surface area contributed by atoms with Gasteiger partial charge in [0.05, 0.1) is 0 Å². The second-order valence-electron chi connectivity index (χ2n) is 2.78. The molecule has 0 aliphatic rings. The predicted octanol–water partition coefficient (Wildman–Crippen LogP) is 1.67. The number of benzene rings is 2. The average molecular weight is 266 g/mol. The summed E-state index contributed by atoms with van der Waals surface area (Å²) in [5, 5.41) is 2.68. The van der Waals surface area contributed by atoms with E-state index in [4.69, 9.17) is 0 Å². The van der Waals surface area contributed by atoms with E-state index in [0.29, 0.717) is 0 Å². The van der Waals surface area contributed by atoms with Crippen molar-refractivity contribution >= 4 is 36.3 Å². The van der Waals surface area contributed by atoms with Crippen LogP contribution in [0.25, 0.3) is 0 Å². The van der Waals surface area contributed by atoms with Crippen LogP contribution in [0.5, 0.6) is 0 Å². The molecule has 0 bridgehead atoms. The van der Waals surface area contributed by atoms with Crippen molar-refractivity contribution in [3.8, 4) is 0 Å². The summed E-state index contributed by atoms with van der Waals surface area (Å²) < 4.78 is 0. The van der Waals surface area contributed by atoms with Crippen molar-refractivity contribution < 1.29 is 0 Å². The summed E-state index contributed by atoms with van der Waals surface area (Å²) in [5.41, 5.74) is 0. The van der Waals surface area contributed by atoms with E-state index in [1.807, 2.05) is 12.1 Å². The Bertz CT molecular complexity index is 321. The van der Waals surface area contributed by atoms with E-state index in [9.17, 15) is 0 Å². The molecule has 2 aromatic carbocycles. The Balaban J connectivity index is 0.000000980. The van der Waals surface area contributed by atoms with Gasteiger partial charge in [-0.3, -0.25) is 0 Å². The molecule has 0 spiro atoms. The van der Waals surface area contributed by atoms with Crippen LogP contribution in [0.4, 0.5) is 0 Å². The molecule has 0 aliphatic carbocycles. The van der Waals surface area contributed by atoms with E-state index in [0.717, 1.165) is 0 Å². The fraction of sp³-hybridized carbons (Fsp3) is 0. The molecule has 0 heterocycles. The molecule has 0 unspecified atom stereocenters. The molecule has 71 valence electrons. The maximum atomic E-state index is 2.15. The molecule has 0 fully saturated rings. The first kappa shape index (κ1) is 11.5. The van der Waals surface area contributed by atoms with E-state index in [-0.39, 0.29) is 17.1 Å². The quantitative estimate of drug-likeness (QED) is 0.573. The minimum Gasteiger partial charge on any atom is -0.0622 e. The first-order chi connectivity index (χ1) is 6.45. The van der Waals surface area contributed by atoms with Gasteiger partial charge in [-0.1, -0.05) is 60.7 Å². The third kappa shape index (κ3) is 3.27. The molecular weight excluding hydrogens is 254 g/mol. The van der Waals surface area contributed by atoms with E-state index >= 15 is 0 Å². The molecule has 2 aromatic rings. The molecule has 2 rings (SSSR count). The summed E-state index contributed by atoms with van der Waals surface area (Å²) in [4.78, 5) is 0. The van der Waals surface area contributed by atoms with Crippen LogP contribution in [-0.2, 0) is 0 Å². The molecule has 0 N–H and O–H groups in total. The van der Waals surface area contributed by atoms with Crippen molar-refractivity contribution in [3.05, 3.63) is 60.7 Å². The first-order valence-corrected chi connectivity index (χ1v) is 5.16. The van der Waals surface area contributed by atoms with Gasteiger partial charge < -0.3 is 0 Å². The Hall–Kier alpha value is -0.611. The van der Waals surface area contributed by atoms with Crippen LogP contribution in [0.2, 0.25) is 0 Å². The molecule has 1 radical (unpaired) electrons. The molecule has 14 heavy (non-hydrogen) atoms. The van der Waals surface area contributed by atoms with Crippen molar-refractivity contribution in [2.75, 3.05) is 0 Å². The molecular formula is C12H12PSe. The van der Waals surface area contributed by atoms with Crippen LogP contribution in [0.1, 0.15) is 0 Å². The topological polar surface area (TPSA) is 0 Å². The molecule has 0 saturated heterocycles. The largest absolute Gasteiger partial charge is 0.0622 e. The predicted molar refractivity (Wildman–Crippen MR) is 67.6 cm³/mol. The zero-order chi connectivity index (χ0) is 8.93. The van der Waals surface area contributed by atoms with Gasteiger partial charge in [0.15, 0.2) is 0 Å². The normalized spacial score (nSPS) is 9.14. The summed E-state index contributed by atoms with van der Waals surface area (Å²) in [5.74, 6) is 0. The van der Waals surface area contributed by atoms with Gasteiger partial charge in [0.1, 0.15) is 0 Å². The SMILES string of the molecule is [SeH2].c1ccc([P]c2ccccc2)cc1. The van der Waals surface area contributed by atoms with Crippen molar-refractivity contribution in [3.63, 3.8) is 0 Å². The Labute approximate surface area is 97.0 Å². The van der Waals surface area contributed by atoms with Gasteiger partial charge in [0.25, 0.3) is 0 Å². The minimum absolute atomic E-state index is 0. The molecule has 0 amide bonds. The molecule has 0 saturated carbocycles. The molecule has 2 heteroatoms. The molecule has 0 nitrogen and oxygen atoms in total. The second-order valence-corrected chi connectivity index (χ2v) is 4.04. The summed E-state index contributed by atoms with van der Waals surface area (Å²) in [7, 11) is 1.28. The van der Waals surface area contributed by atoms with Gasteiger partial charge >= 0.3 is 17.1 Å². The monoisotopic (exact) mass is 267 g/mol. The van der Waals surface area contributed by atoms with Crippen LogP contribution in [-0.4, -0.2) is 17.1 Å². The second kappa shape index (κ2) is 5.98. The number of rotatable bonds is 2. The van der Waals surface area contributed by atoms with Crippen LogP contribution in [0.15, 0.2) is 60.7 Å². The van der Waals surface area contributed by atoms with Crippen LogP contribution in [0, 0.1) is 0 Å². The Morgan fingerprint density at radius 1 is 0.571 bits per heavy atom. The maximum absolute atomic E-state index is 2.15. The Kier molecular flexibility index (Phi) is 4.90. The first-order valence-electron chi connectivity index (χ1n) is 4.27. The van der Waals surface area contributed by atoms with Gasteiger partial charge in [-0.2, -0.15) is 0 Å². The minimum atomic E-state index is 0. The Morgan fingerprint density at radius 3 is 1.29 bits per heavy atom. The maximum Gasteiger partial charge on any atom is -0.0100 e. The van der Waals surface area contributed by atoms with E-state index in [2.05, 4.69) is 48.5 Å². The van der Waals surface area contributed by atoms with E-state index < -0.39 is 0 Å². The molecule has 0 aliphatic heterocycles. The molecule has 0 aromatic heterocycles. The van der Waals surface area contributed by atoms with Gasteiger partial charge in [0, 0.05) is 0 Å². The van der Waals surface area contributed by atoms with Gasteiger partial charge in [-0.05, 0) is 19.2 Å². The van der Waals surface area contributed by atoms with E-state index in [1.54, 1.807) is 0 Å². The zero-order valence-corrected chi connectivity index (χ0v) is 10.7. The zero-order valence-electron chi connectivity index (χ0n) is 7.72. The third-order valence-corrected chi connectivity index (χ3v) is 2.88. The summed E-state index contributed by atoms with van der Waals surface area (Å²) >= 11 is 0. The van der Waals surface area contributed by atoms with Crippen molar-refractivity contribution in [2.24, 2.45) is 0 Å². The summed E-state index contributed by atoms with van der Waals surface area (Å²) in [6.45, 7) is 0. The van der Waals surface area contributed by atoms with Crippen molar-refractivity contribution in [1.82, 2.24) is 0 Å². The van der Waals surface area contributed by atoms with Gasteiger partial charge in [-0.15, -0.1) is 0 Å². The summed E-state index contributed by atoms with van der Waals surface area (Å²) in [6, 6.07) is 21.0. The Morgan fingerprint density at radius 2 is 0.929 bits per heavy atom. The van der Waals surface area contributed by atoms with Crippen molar-refractivity contribution in [1.29, 1.82) is 0 Å². The van der Waals surface area contributed by atoms with Gasteiger partial charge in [-0.25, -0.2) is 0 Å². The number of hydrogen-bond acceptors (Lipinski definition) is 0. The van der Waals surface area contributed by atoms with Crippen LogP contribution >= 0.6 is 8.58 Å². The average Bonchev–Trinajstić information content (AvgIpc) is 2.21. The van der Waals surface area contributed by atoms with Crippen LogP contribution < -0.4 is 10.6 Å². The fourth-order valence-electron chi connectivity index (χ4n) is 1.15. The standard InChI is InChI=1S/C12H10P.H2Se/c1-3-7-11(8-4-1)13-12-9-5-2-6-10-12;/h1-10H;1H2. The van der Waals surface area contributed by atoms with Crippen molar-refractivity contribution in [2.45, 2.75) is 0 Å². The number of hydrogen-bond donors (Lipinski definition) is 0. The molecule has 0 atom stereocenters. The fourth-order valence-corrected chi connectivity index (χ4v) is 2.09. The van der Waals surface area contributed by atoms with E-state index in [1.165, 1.54) is 19.2 Å². The van der Waals surface area contributed by atoms with Gasteiger partial charge in [0.2, 0.25) is 0 Å². The smallest absolute Gasteiger partial charge is 0.0100 e. The third-order valence-electron chi connectivity index (χ3n) is 1.77.